The summed E-state index contributed by atoms with van der Waals surface area (Å²) >= 11 is 0. The van der Waals surface area contributed by atoms with Crippen LogP contribution < -0.4 is 5.32 Å². The zero-order valence-corrected chi connectivity index (χ0v) is 13.0. The van der Waals surface area contributed by atoms with Crippen molar-refractivity contribution in [3.63, 3.8) is 0 Å². The average Bonchev–Trinajstić information content (AvgIpc) is 2.30. The first-order chi connectivity index (χ1) is 8.57. The minimum atomic E-state index is 0.698. The summed E-state index contributed by atoms with van der Waals surface area (Å²) in [5.41, 5.74) is 0. The third kappa shape index (κ3) is 11.0. The first-order valence-corrected chi connectivity index (χ1v) is 7.35. The Bertz CT molecular complexity index is 172. The molecular weight excluding hydrogens is 226 g/mol. The molecule has 0 aliphatic rings. The second-order valence-electron chi connectivity index (χ2n) is 5.80. The molecule has 0 saturated carbocycles. The lowest BCUT2D eigenvalue weighted by Gasteiger charge is -2.22. The number of nitrogens with one attached hydrogen (secondary N) is 1. The van der Waals surface area contributed by atoms with Crippen molar-refractivity contribution in [1.82, 2.24) is 5.32 Å². The molecule has 3 nitrogen and oxygen atoms in total. The van der Waals surface area contributed by atoms with Crippen LogP contribution in [0.4, 0.5) is 0 Å². The van der Waals surface area contributed by atoms with E-state index in [1.165, 1.54) is 6.42 Å². The Hall–Kier alpha value is -0.120. The summed E-state index contributed by atoms with van der Waals surface area (Å²) in [6.45, 7) is 13.7. The Balaban J connectivity index is 3.57. The summed E-state index contributed by atoms with van der Waals surface area (Å²) in [5, 5.41) is 3.57. The first-order valence-electron chi connectivity index (χ1n) is 7.35. The number of hydrogen-bond acceptors (Lipinski definition) is 3. The summed E-state index contributed by atoms with van der Waals surface area (Å²) in [5.74, 6) is 2.23. The van der Waals surface area contributed by atoms with E-state index < -0.39 is 0 Å². The van der Waals surface area contributed by atoms with E-state index in [9.17, 15) is 0 Å². The minimum Gasteiger partial charge on any atom is -0.382 e. The second kappa shape index (κ2) is 11.9. The first kappa shape index (κ1) is 17.9. The van der Waals surface area contributed by atoms with E-state index in [4.69, 9.17) is 9.47 Å². The highest BCUT2D eigenvalue weighted by Gasteiger charge is 2.12. The van der Waals surface area contributed by atoms with Crippen LogP contribution in [-0.4, -0.2) is 40.0 Å². The van der Waals surface area contributed by atoms with E-state index in [1.54, 1.807) is 7.11 Å². The van der Waals surface area contributed by atoms with Gasteiger partial charge >= 0.3 is 0 Å². The molecule has 0 spiro atoms. The summed E-state index contributed by atoms with van der Waals surface area (Å²) in [6.07, 6.45) is 2.39. The molecule has 0 rings (SSSR count). The molecule has 0 bridgehead atoms. The van der Waals surface area contributed by atoms with Crippen molar-refractivity contribution < 1.29 is 9.47 Å². The highest BCUT2D eigenvalue weighted by Crippen LogP contribution is 2.16. The Labute approximate surface area is 114 Å². The summed E-state index contributed by atoms with van der Waals surface area (Å²) < 4.78 is 10.4. The van der Waals surface area contributed by atoms with E-state index in [2.05, 4.69) is 33.0 Å². The molecule has 0 saturated heterocycles. The Morgan fingerprint density at radius 2 is 1.67 bits per heavy atom. The van der Waals surface area contributed by atoms with Crippen LogP contribution >= 0.6 is 0 Å². The maximum atomic E-state index is 5.50. The van der Waals surface area contributed by atoms with Crippen LogP contribution in [0.15, 0.2) is 0 Å². The van der Waals surface area contributed by atoms with Gasteiger partial charge in [0.05, 0.1) is 13.2 Å². The van der Waals surface area contributed by atoms with Gasteiger partial charge in [-0.3, -0.25) is 0 Å². The quantitative estimate of drug-likeness (QED) is 0.547. The minimum absolute atomic E-state index is 0.698. The number of methoxy groups -OCH3 is 1. The zero-order valence-electron chi connectivity index (χ0n) is 13.0. The number of hydrogen-bond donors (Lipinski definition) is 1. The van der Waals surface area contributed by atoms with Crippen molar-refractivity contribution in [2.45, 2.75) is 40.5 Å². The van der Waals surface area contributed by atoms with E-state index >= 15 is 0 Å². The van der Waals surface area contributed by atoms with Gasteiger partial charge in [0, 0.05) is 13.7 Å². The SMILES string of the molecule is COCCOCCCC(CNCC(C)C)C(C)C. The average molecular weight is 259 g/mol. The lowest BCUT2D eigenvalue weighted by atomic mass is 9.91. The highest BCUT2D eigenvalue weighted by atomic mass is 16.5. The lowest BCUT2D eigenvalue weighted by molar-refractivity contribution is 0.0663. The fraction of sp³-hybridized carbons (Fsp3) is 1.00. The number of ether oxygens (including phenoxy) is 2. The van der Waals surface area contributed by atoms with Crippen LogP contribution in [0.1, 0.15) is 40.5 Å². The molecule has 0 amide bonds. The van der Waals surface area contributed by atoms with Crippen LogP contribution in [-0.2, 0) is 9.47 Å². The molecule has 0 aliphatic heterocycles. The van der Waals surface area contributed by atoms with Gasteiger partial charge in [-0.05, 0) is 43.7 Å². The van der Waals surface area contributed by atoms with Gasteiger partial charge in [-0.15, -0.1) is 0 Å². The molecule has 0 heterocycles. The Morgan fingerprint density at radius 3 is 2.22 bits per heavy atom. The molecule has 1 unspecified atom stereocenters. The molecular formula is C15H33NO2. The Kier molecular flexibility index (Phi) is 11.9. The van der Waals surface area contributed by atoms with Crippen LogP contribution in [0.25, 0.3) is 0 Å². The molecule has 0 aromatic carbocycles. The molecule has 0 aliphatic carbocycles. The van der Waals surface area contributed by atoms with Crippen LogP contribution in [0, 0.1) is 17.8 Å². The molecule has 1 atom stereocenters. The molecule has 0 fully saturated rings. The normalized spacial score (nSPS) is 13.5. The standard InChI is InChI=1S/C15H33NO2/c1-13(2)11-16-12-15(14(3)4)7-6-8-18-10-9-17-5/h13-16H,6-12H2,1-5H3. The van der Waals surface area contributed by atoms with Gasteiger partial charge in [-0.1, -0.05) is 27.7 Å². The van der Waals surface area contributed by atoms with Gasteiger partial charge in [0.1, 0.15) is 0 Å². The Morgan fingerprint density at radius 1 is 0.944 bits per heavy atom. The lowest BCUT2D eigenvalue weighted by Crippen LogP contribution is -2.29. The van der Waals surface area contributed by atoms with Gasteiger partial charge in [0.2, 0.25) is 0 Å². The van der Waals surface area contributed by atoms with Crippen LogP contribution in [0.3, 0.4) is 0 Å². The van der Waals surface area contributed by atoms with Crippen molar-refractivity contribution in [1.29, 1.82) is 0 Å². The summed E-state index contributed by atoms with van der Waals surface area (Å²) in [7, 11) is 1.71. The zero-order chi connectivity index (χ0) is 13.8. The summed E-state index contributed by atoms with van der Waals surface area (Å²) in [6, 6.07) is 0. The van der Waals surface area contributed by atoms with Gasteiger partial charge < -0.3 is 14.8 Å². The fourth-order valence-corrected chi connectivity index (χ4v) is 1.92. The van der Waals surface area contributed by atoms with Gasteiger partial charge in [-0.25, -0.2) is 0 Å². The second-order valence-corrected chi connectivity index (χ2v) is 5.80. The van der Waals surface area contributed by atoms with Gasteiger partial charge in [0.25, 0.3) is 0 Å². The maximum absolute atomic E-state index is 5.50. The molecule has 3 heteroatoms. The molecule has 0 aromatic heterocycles. The fourth-order valence-electron chi connectivity index (χ4n) is 1.92. The van der Waals surface area contributed by atoms with Crippen molar-refractivity contribution in [2.75, 3.05) is 40.0 Å². The van der Waals surface area contributed by atoms with E-state index in [1.807, 2.05) is 0 Å². The third-order valence-electron chi connectivity index (χ3n) is 3.20. The monoisotopic (exact) mass is 259 g/mol. The van der Waals surface area contributed by atoms with E-state index in [0.29, 0.717) is 13.2 Å². The molecule has 0 radical (unpaired) electrons. The van der Waals surface area contributed by atoms with Gasteiger partial charge in [0.15, 0.2) is 0 Å². The van der Waals surface area contributed by atoms with E-state index in [0.717, 1.165) is 43.9 Å². The van der Waals surface area contributed by atoms with Crippen molar-refractivity contribution in [2.24, 2.45) is 17.8 Å². The van der Waals surface area contributed by atoms with Crippen molar-refractivity contribution in [3.8, 4) is 0 Å². The molecule has 1 N–H and O–H groups in total. The predicted molar refractivity (Wildman–Crippen MR) is 78.0 cm³/mol. The highest BCUT2D eigenvalue weighted by molar-refractivity contribution is 4.67. The van der Waals surface area contributed by atoms with Crippen LogP contribution in [0.5, 0.6) is 0 Å². The largest absolute Gasteiger partial charge is 0.382 e. The molecule has 18 heavy (non-hydrogen) atoms. The summed E-state index contributed by atoms with van der Waals surface area (Å²) in [4.78, 5) is 0. The van der Waals surface area contributed by atoms with Crippen LogP contribution in [0.2, 0.25) is 0 Å². The third-order valence-corrected chi connectivity index (χ3v) is 3.20. The molecule has 110 valence electrons. The smallest absolute Gasteiger partial charge is 0.0700 e. The molecule has 0 aromatic rings. The predicted octanol–water partition coefficient (Wildman–Crippen LogP) is 2.95. The van der Waals surface area contributed by atoms with Gasteiger partial charge in [-0.2, -0.15) is 0 Å². The maximum Gasteiger partial charge on any atom is 0.0700 e. The van der Waals surface area contributed by atoms with E-state index in [-0.39, 0.29) is 0 Å². The van der Waals surface area contributed by atoms with Crippen molar-refractivity contribution >= 4 is 0 Å². The topological polar surface area (TPSA) is 30.5 Å². The van der Waals surface area contributed by atoms with Crippen molar-refractivity contribution in [3.05, 3.63) is 0 Å². The number of rotatable bonds is 12.